The lowest BCUT2D eigenvalue weighted by atomic mass is 10.2. The van der Waals surface area contributed by atoms with E-state index in [4.69, 9.17) is 4.52 Å². The van der Waals surface area contributed by atoms with Crippen LogP contribution in [0.5, 0.6) is 0 Å². The van der Waals surface area contributed by atoms with Gasteiger partial charge >= 0.3 is 0 Å². The summed E-state index contributed by atoms with van der Waals surface area (Å²) in [4.78, 5) is 8.52. The molecule has 19 heavy (non-hydrogen) atoms. The molecule has 0 fully saturated rings. The van der Waals surface area contributed by atoms with Gasteiger partial charge in [0, 0.05) is 24.7 Å². The number of hydrogen-bond donors (Lipinski definition) is 2. The Morgan fingerprint density at radius 2 is 1.89 bits per heavy atom. The Bertz CT molecular complexity index is 545. The van der Waals surface area contributed by atoms with Crippen LogP contribution in [0.15, 0.2) is 10.9 Å². The topological polar surface area (TPSA) is 75.9 Å². The average molecular weight is 261 g/mol. The molecule has 0 unspecified atom stereocenters. The number of nitrogens with one attached hydrogen (secondary N) is 2. The molecule has 2 aromatic rings. The second-order valence-corrected chi connectivity index (χ2v) is 4.31. The van der Waals surface area contributed by atoms with E-state index in [1.807, 2.05) is 20.9 Å². The first-order chi connectivity index (χ1) is 9.17. The van der Waals surface area contributed by atoms with Crippen molar-refractivity contribution in [3.63, 3.8) is 0 Å². The van der Waals surface area contributed by atoms with Gasteiger partial charge in [-0.25, -0.2) is 9.97 Å². The van der Waals surface area contributed by atoms with Crippen LogP contribution in [0.2, 0.25) is 0 Å². The van der Waals surface area contributed by atoms with Crippen LogP contribution in [-0.4, -0.2) is 22.2 Å². The molecular formula is C13H19N5O. The smallest absolute Gasteiger partial charge is 0.138 e. The second-order valence-electron chi connectivity index (χ2n) is 4.31. The fraction of sp³-hybridized carbons (Fsp3) is 0.462. The van der Waals surface area contributed by atoms with Crippen molar-refractivity contribution in [3.05, 3.63) is 28.9 Å². The highest BCUT2D eigenvalue weighted by atomic mass is 16.5. The molecule has 6 nitrogen and oxygen atoms in total. The molecule has 0 atom stereocenters. The third kappa shape index (κ3) is 2.67. The van der Waals surface area contributed by atoms with Gasteiger partial charge in [0.05, 0.1) is 5.69 Å². The molecule has 0 aliphatic carbocycles. The summed E-state index contributed by atoms with van der Waals surface area (Å²) >= 11 is 0. The predicted molar refractivity (Wildman–Crippen MR) is 74.3 cm³/mol. The number of anilines is 2. The number of hydrogen-bond acceptors (Lipinski definition) is 6. The molecule has 0 aromatic carbocycles. The molecule has 2 rings (SSSR count). The second kappa shape index (κ2) is 5.69. The van der Waals surface area contributed by atoms with Gasteiger partial charge in [-0.1, -0.05) is 12.1 Å². The van der Waals surface area contributed by atoms with Crippen LogP contribution in [0, 0.1) is 13.8 Å². The van der Waals surface area contributed by atoms with Gasteiger partial charge in [-0.05, 0) is 20.3 Å². The third-order valence-corrected chi connectivity index (χ3v) is 3.15. The van der Waals surface area contributed by atoms with Crippen molar-refractivity contribution in [1.82, 2.24) is 15.1 Å². The lowest BCUT2D eigenvalue weighted by Crippen LogP contribution is -2.08. The van der Waals surface area contributed by atoms with Crippen molar-refractivity contribution in [2.75, 3.05) is 17.7 Å². The van der Waals surface area contributed by atoms with Crippen molar-refractivity contribution in [2.24, 2.45) is 0 Å². The SMILES string of the molecule is CCc1c(NC)ncnc1NCc1c(C)noc1C. The maximum atomic E-state index is 5.15. The molecule has 6 heteroatoms. The third-order valence-electron chi connectivity index (χ3n) is 3.15. The molecular weight excluding hydrogens is 242 g/mol. The van der Waals surface area contributed by atoms with E-state index in [0.717, 1.165) is 40.6 Å². The molecule has 2 N–H and O–H groups in total. The fourth-order valence-corrected chi connectivity index (χ4v) is 2.04. The molecule has 0 aliphatic heterocycles. The molecule has 0 aliphatic rings. The fourth-order valence-electron chi connectivity index (χ4n) is 2.04. The van der Waals surface area contributed by atoms with Crippen LogP contribution in [0.1, 0.15) is 29.5 Å². The Morgan fingerprint density at radius 3 is 2.47 bits per heavy atom. The van der Waals surface area contributed by atoms with E-state index in [2.05, 4.69) is 32.7 Å². The van der Waals surface area contributed by atoms with Crippen molar-refractivity contribution in [3.8, 4) is 0 Å². The van der Waals surface area contributed by atoms with Crippen molar-refractivity contribution in [1.29, 1.82) is 0 Å². The van der Waals surface area contributed by atoms with E-state index in [-0.39, 0.29) is 0 Å². The summed E-state index contributed by atoms with van der Waals surface area (Å²) in [5, 5.41) is 10.4. The Kier molecular flexibility index (Phi) is 3.99. The predicted octanol–water partition coefficient (Wildman–Crippen LogP) is 2.30. The minimum absolute atomic E-state index is 0.647. The number of aryl methyl sites for hydroxylation is 2. The summed E-state index contributed by atoms with van der Waals surface area (Å²) in [5.74, 6) is 2.55. The van der Waals surface area contributed by atoms with E-state index in [9.17, 15) is 0 Å². The summed E-state index contributed by atoms with van der Waals surface area (Å²) < 4.78 is 5.15. The zero-order valence-electron chi connectivity index (χ0n) is 11.7. The van der Waals surface area contributed by atoms with Crippen LogP contribution in [0.4, 0.5) is 11.6 Å². The standard InChI is InChI=1S/C13H19N5O/c1-5-10-12(14-4)16-7-17-13(10)15-6-11-8(2)18-19-9(11)3/h7H,5-6H2,1-4H3,(H2,14,15,16,17). The van der Waals surface area contributed by atoms with Gasteiger partial charge in [0.25, 0.3) is 0 Å². The van der Waals surface area contributed by atoms with Gasteiger partial charge in [0.15, 0.2) is 0 Å². The molecule has 0 radical (unpaired) electrons. The van der Waals surface area contributed by atoms with Crippen molar-refractivity contribution >= 4 is 11.6 Å². The molecule has 0 saturated carbocycles. The maximum absolute atomic E-state index is 5.15. The van der Waals surface area contributed by atoms with Crippen LogP contribution in [0.3, 0.4) is 0 Å². The Hall–Kier alpha value is -2.11. The van der Waals surface area contributed by atoms with E-state index in [1.165, 1.54) is 0 Å². The van der Waals surface area contributed by atoms with Gasteiger partial charge in [-0.3, -0.25) is 0 Å². The van der Waals surface area contributed by atoms with Crippen LogP contribution in [-0.2, 0) is 13.0 Å². The minimum atomic E-state index is 0.647. The van der Waals surface area contributed by atoms with E-state index < -0.39 is 0 Å². The van der Waals surface area contributed by atoms with Crippen molar-refractivity contribution in [2.45, 2.75) is 33.7 Å². The summed E-state index contributed by atoms with van der Waals surface area (Å²) in [6.45, 7) is 6.58. The maximum Gasteiger partial charge on any atom is 0.138 e. The Labute approximate surface area is 112 Å². The van der Waals surface area contributed by atoms with E-state index in [0.29, 0.717) is 6.54 Å². The molecule has 0 amide bonds. The lowest BCUT2D eigenvalue weighted by Gasteiger charge is -2.12. The lowest BCUT2D eigenvalue weighted by molar-refractivity contribution is 0.392. The van der Waals surface area contributed by atoms with E-state index in [1.54, 1.807) is 6.33 Å². The molecule has 0 bridgehead atoms. The zero-order valence-corrected chi connectivity index (χ0v) is 11.7. The normalized spacial score (nSPS) is 10.5. The van der Waals surface area contributed by atoms with Gasteiger partial charge in [0.1, 0.15) is 23.7 Å². The first kappa shape index (κ1) is 13.3. The van der Waals surface area contributed by atoms with Crippen LogP contribution in [0.25, 0.3) is 0 Å². The molecule has 2 aromatic heterocycles. The summed E-state index contributed by atoms with van der Waals surface area (Å²) in [7, 11) is 1.86. The zero-order chi connectivity index (χ0) is 13.8. The van der Waals surface area contributed by atoms with Gasteiger partial charge in [0.2, 0.25) is 0 Å². The first-order valence-corrected chi connectivity index (χ1v) is 6.34. The largest absolute Gasteiger partial charge is 0.373 e. The summed E-state index contributed by atoms with van der Waals surface area (Å²) in [6.07, 6.45) is 2.42. The molecule has 0 spiro atoms. The van der Waals surface area contributed by atoms with Crippen molar-refractivity contribution < 1.29 is 4.52 Å². The summed E-state index contributed by atoms with van der Waals surface area (Å²) in [5.41, 5.74) is 3.06. The highest BCUT2D eigenvalue weighted by molar-refractivity contribution is 5.57. The highest BCUT2D eigenvalue weighted by Gasteiger charge is 2.12. The Balaban J connectivity index is 2.20. The van der Waals surface area contributed by atoms with Gasteiger partial charge < -0.3 is 15.2 Å². The van der Waals surface area contributed by atoms with Crippen LogP contribution >= 0.6 is 0 Å². The quantitative estimate of drug-likeness (QED) is 0.860. The van der Waals surface area contributed by atoms with Crippen LogP contribution < -0.4 is 10.6 Å². The molecule has 102 valence electrons. The summed E-state index contributed by atoms with van der Waals surface area (Å²) in [6, 6.07) is 0. The van der Waals surface area contributed by atoms with Gasteiger partial charge in [-0.2, -0.15) is 0 Å². The Morgan fingerprint density at radius 1 is 1.16 bits per heavy atom. The van der Waals surface area contributed by atoms with E-state index >= 15 is 0 Å². The number of rotatable bonds is 5. The highest BCUT2D eigenvalue weighted by Crippen LogP contribution is 2.21. The minimum Gasteiger partial charge on any atom is -0.373 e. The number of aromatic nitrogens is 3. The number of nitrogens with zero attached hydrogens (tertiary/aromatic N) is 3. The first-order valence-electron chi connectivity index (χ1n) is 6.34. The molecule has 2 heterocycles. The van der Waals surface area contributed by atoms with Gasteiger partial charge in [-0.15, -0.1) is 0 Å². The molecule has 0 saturated heterocycles. The average Bonchev–Trinajstić information content (AvgIpc) is 2.75. The monoisotopic (exact) mass is 261 g/mol.